The number of nitrogens with zero attached hydrogens (tertiary/aromatic N) is 3. The first kappa shape index (κ1) is 19.3. The fourth-order valence-electron chi connectivity index (χ4n) is 2.70. The van der Waals surface area contributed by atoms with Crippen LogP contribution >= 0.6 is 0 Å². The van der Waals surface area contributed by atoms with E-state index in [1.54, 1.807) is 30.3 Å². The first-order valence-corrected chi connectivity index (χ1v) is 9.74. The number of anilines is 1. The summed E-state index contributed by atoms with van der Waals surface area (Å²) in [4.78, 5) is 28.6. The molecule has 28 heavy (non-hydrogen) atoms. The number of benzene rings is 1. The second-order valence-corrected chi connectivity index (χ2v) is 7.69. The summed E-state index contributed by atoms with van der Waals surface area (Å²) < 4.78 is 35.2. The van der Waals surface area contributed by atoms with Crippen molar-refractivity contribution in [2.24, 2.45) is 0 Å². The number of hydrogen-bond donors (Lipinski definition) is 1. The van der Waals surface area contributed by atoms with Crippen LogP contribution in [0.25, 0.3) is 16.7 Å². The van der Waals surface area contributed by atoms with Crippen LogP contribution < -0.4 is 5.73 Å². The van der Waals surface area contributed by atoms with Gasteiger partial charge in [0.1, 0.15) is 5.56 Å². The lowest BCUT2D eigenvalue weighted by Crippen LogP contribution is -2.17. The number of nitrogens with two attached hydrogens (primary N) is 1. The molecule has 3 aromatic rings. The largest absolute Gasteiger partial charge is 0.465 e. The highest BCUT2D eigenvalue weighted by atomic mass is 32.2. The molecule has 0 spiro atoms. The Morgan fingerprint density at radius 1 is 1.07 bits per heavy atom. The molecule has 0 saturated carbocycles. The maximum absolute atomic E-state index is 12.3. The second-order valence-electron chi connectivity index (χ2n) is 5.76. The predicted octanol–water partition coefficient (Wildman–Crippen LogP) is 0.979. The number of fused-ring (bicyclic) bond motifs is 1. The topological polar surface area (TPSA) is 143 Å². The Morgan fingerprint density at radius 2 is 1.68 bits per heavy atom. The lowest BCUT2D eigenvalue weighted by Gasteiger charge is -2.10. The molecule has 0 bridgehead atoms. The Bertz CT molecular complexity index is 1200. The number of para-hydroxylation sites is 1. The van der Waals surface area contributed by atoms with Crippen molar-refractivity contribution in [1.82, 2.24) is 14.8 Å². The highest BCUT2D eigenvalue weighted by Crippen LogP contribution is 2.33. The van der Waals surface area contributed by atoms with E-state index in [-0.39, 0.29) is 27.3 Å². The number of sulfone groups is 1. The molecule has 10 nitrogen and oxygen atoms in total. The zero-order chi connectivity index (χ0) is 20.6. The van der Waals surface area contributed by atoms with Crippen LogP contribution in [0.2, 0.25) is 0 Å². The van der Waals surface area contributed by atoms with Crippen LogP contribution in [0.3, 0.4) is 0 Å². The van der Waals surface area contributed by atoms with Gasteiger partial charge in [0.25, 0.3) is 0 Å². The zero-order valence-electron chi connectivity index (χ0n) is 15.2. The summed E-state index contributed by atoms with van der Waals surface area (Å²) in [5.74, 6) is -1.89. The van der Waals surface area contributed by atoms with Crippen molar-refractivity contribution in [3.05, 3.63) is 41.6 Å². The average Bonchev–Trinajstić information content (AvgIpc) is 3.07. The molecule has 0 unspecified atom stereocenters. The number of carbonyl (C=O) groups excluding carboxylic acids is 2. The van der Waals surface area contributed by atoms with Gasteiger partial charge in [-0.25, -0.2) is 27.7 Å². The second kappa shape index (κ2) is 6.93. The summed E-state index contributed by atoms with van der Waals surface area (Å²) in [6, 6.07) is 8.54. The van der Waals surface area contributed by atoms with Gasteiger partial charge in [-0.05, 0) is 12.1 Å². The molecule has 11 heteroatoms. The van der Waals surface area contributed by atoms with Crippen molar-refractivity contribution in [2.75, 3.05) is 26.2 Å². The lowest BCUT2D eigenvalue weighted by atomic mass is 10.1. The Kier molecular flexibility index (Phi) is 4.77. The highest BCUT2D eigenvalue weighted by Gasteiger charge is 2.31. The van der Waals surface area contributed by atoms with Crippen LogP contribution in [-0.2, 0) is 19.3 Å². The van der Waals surface area contributed by atoms with Crippen molar-refractivity contribution in [3.63, 3.8) is 0 Å². The molecule has 2 N–H and O–H groups in total. The van der Waals surface area contributed by atoms with Gasteiger partial charge < -0.3 is 15.2 Å². The molecule has 0 aliphatic rings. The van der Waals surface area contributed by atoms with Gasteiger partial charge in [0.15, 0.2) is 26.2 Å². The van der Waals surface area contributed by atoms with Crippen molar-refractivity contribution < 1.29 is 27.5 Å². The van der Waals surface area contributed by atoms with Crippen molar-refractivity contribution in [1.29, 1.82) is 0 Å². The Balaban J connectivity index is 2.54. The molecule has 0 radical (unpaired) electrons. The van der Waals surface area contributed by atoms with Gasteiger partial charge in [0, 0.05) is 6.26 Å². The van der Waals surface area contributed by atoms with Crippen LogP contribution in [0, 0.1) is 0 Å². The normalized spacial score (nSPS) is 11.4. The molecule has 0 aliphatic carbocycles. The Morgan fingerprint density at radius 3 is 2.21 bits per heavy atom. The smallest absolute Gasteiger partial charge is 0.357 e. The van der Waals surface area contributed by atoms with E-state index < -0.39 is 27.5 Å². The summed E-state index contributed by atoms with van der Waals surface area (Å²) in [5, 5.41) is 3.67. The fourth-order valence-corrected chi connectivity index (χ4v) is 3.51. The Labute approximate surface area is 159 Å². The number of ether oxygens (including phenoxy) is 2. The van der Waals surface area contributed by atoms with Gasteiger partial charge in [-0.1, -0.05) is 18.2 Å². The van der Waals surface area contributed by atoms with E-state index in [1.807, 2.05) is 0 Å². The molecule has 2 aromatic heterocycles. The van der Waals surface area contributed by atoms with E-state index in [0.717, 1.165) is 20.5 Å². The third-order valence-electron chi connectivity index (χ3n) is 3.94. The van der Waals surface area contributed by atoms with Crippen molar-refractivity contribution in [3.8, 4) is 5.69 Å². The van der Waals surface area contributed by atoms with Gasteiger partial charge in [0.05, 0.1) is 31.0 Å². The first-order valence-electron chi connectivity index (χ1n) is 7.85. The van der Waals surface area contributed by atoms with E-state index in [1.165, 1.54) is 4.68 Å². The standard InChI is InChI=1S/C17H16N4O6S/c1-26-16(22)10-12(18)11-14(19-13(10)17(23)27-2)21(9-7-5-4-6-8-9)20-15(11)28(3,24)25/h4-8H,1-3H3,(H2,18,19). The third kappa shape index (κ3) is 3.05. The minimum atomic E-state index is -3.85. The van der Waals surface area contributed by atoms with E-state index in [9.17, 15) is 18.0 Å². The first-order chi connectivity index (χ1) is 13.2. The number of aromatic nitrogens is 3. The van der Waals surface area contributed by atoms with Crippen LogP contribution in [0.5, 0.6) is 0 Å². The number of rotatable bonds is 4. The maximum Gasteiger partial charge on any atom is 0.357 e. The van der Waals surface area contributed by atoms with Gasteiger partial charge in [-0.15, -0.1) is 0 Å². The van der Waals surface area contributed by atoms with Crippen LogP contribution in [0.1, 0.15) is 20.8 Å². The summed E-state index contributed by atoms with van der Waals surface area (Å²) in [7, 11) is -1.64. The molecule has 1 aromatic carbocycles. The minimum absolute atomic E-state index is 0.0165. The monoisotopic (exact) mass is 404 g/mol. The molecular weight excluding hydrogens is 388 g/mol. The van der Waals surface area contributed by atoms with E-state index in [2.05, 4.69) is 19.6 Å². The van der Waals surface area contributed by atoms with E-state index in [4.69, 9.17) is 5.73 Å². The predicted molar refractivity (Wildman–Crippen MR) is 99.1 cm³/mol. The van der Waals surface area contributed by atoms with Crippen LogP contribution in [0.15, 0.2) is 35.4 Å². The molecule has 0 aliphatic heterocycles. The number of hydrogen-bond acceptors (Lipinski definition) is 9. The maximum atomic E-state index is 12.3. The molecule has 2 heterocycles. The molecule has 0 amide bonds. The van der Waals surface area contributed by atoms with Crippen LogP contribution in [-0.4, -0.2) is 55.6 Å². The lowest BCUT2D eigenvalue weighted by molar-refractivity contribution is 0.0551. The van der Waals surface area contributed by atoms with E-state index >= 15 is 0 Å². The van der Waals surface area contributed by atoms with Crippen molar-refractivity contribution >= 4 is 38.5 Å². The van der Waals surface area contributed by atoms with E-state index in [0.29, 0.717) is 5.69 Å². The average molecular weight is 404 g/mol. The number of pyridine rings is 1. The molecule has 0 atom stereocenters. The fraction of sp³-hybridized carbons (Fsp3) is 0.176. The minimum Gasteiger partial charge on any atom is -0.465 e. The summed E-state index contributed by atoms with van der Waals surface area (Å²) in [5.41, 5.74) is 5.49. The third-order valence-corrected chi connectivity index (χ3v) is 4.93. The number of nitrogen functional groups attached to an aromatic ring is 1. The number of carbonyl (C=O) groups is 2. The van der Waals surface area contributed by atoms with Gasteiger partial charge in [0.2, 0.25) is 0 Å². The molecular formula is C17H16N4O6S. The summed E-state index contributed by atoms with van der Waals surface area (Å²) in [6.45, 7) is 0. The van der Waals surface area contributed by atoms with Gasteiger partial charge in [-0.2, -0.15) is 5.10 Å². The molecule has 3 rings (SSSR count). The molecule has 146 valence electrons. The summed E-state index contributed by atoms with van der Waals surface area (Å²) >= 11 is 0. The number of esters is 2. The quantitative estimate of drug-likeness (QED) is 0.629. The summed E-state index contributed by atoms with van der Waals surface area (Å²) in [6.07, 6.45) is 0.954. The molecule has 0 saturated heterocycles. The van der Waals surface area contributed by atoms with Crippen LogP contribution in [0.4, 0.5) is 5.69 Å². The van der Waals surface area contributed by atoms with Gasteiger partial charge in [-0.3, -0.25) is 0 Å². The highest BCUT2D eigenvalue weighted by molar-refractivity contribution is 7.90. The van der Waals surface area contributed by atoms with Crippen molar-refractivity contribution in [2.45, 2.75) is 5.03 Å². The SMILES string of the molecule is COC(=O)c1nc2c(c(S(C)(=O)=O)nn2-c2ccccc2)c(N)c1C(=O)OC. The number of methoxy groups -OCH3 is 2. The molecule has 0 fully saturated rings. The zero-order valence-corrected chi connectivity index (χ0v) is 16.0. The Hall–Kier alpha value is -3.47. The van der Waals surface area contributed by atoms with Gasteiger partial charge >= 0.3 is 11.9 Å².